The van der Waals surface area contributed by atoms with E-state index in [1.54, 1.807) is 16.2 Å². The Morgan fingerprint density at radius 1 is 1.03 bits per heavy atom. The maximum atomic E-state index is 13.6. The highest BCUT2D eigenvalue weighted by Gasteiger charge is 2.32. The molecule has 34 heavy (non-hydrogen) atoms. The largest absolute Gasteiger partial charge is 0.334 e. The molecular weight excluding hydrogens is 449 g/mol. The first-order valence-corrected chi connectivity index (χ1v) is 12.3. The van der Waals surface area contributed by atoms with Gasteiger partial charge in [0.1, 0.15) is 16.3 Å². The van der Waals surface area contributed by atoms with Crippen LogP contribution in [0.1, 0.15) is 38.9 Å². The maximum absolute atomic E-state index is 13.6. The summed E-state index contributed by atoms with van der Waals surface area (Å²) in [6, 6.07) is 17.8. The Labute approximate surface area is 202 Å². The SMILES string of the molecule is Cc1cccc(Cn2c(C(=O)N3CCN(C(=O)c4ccc(F)cc4)[C@H](C)C3)cc3ccsc32)c1. The molecule has 5 nitrogen and oxygen atoms in total. The number of piperazine rings is 1. The number of hydrogen-bond donors (Lipinski definition) is 0. The molecule has 4 aromatic rings. The van der Waals surface area contributed by atoms with Crippen LogP contribution in [-0.2, 0) is 6.54 Å². The molecule has 1 fully saturated rings. The molecule has 0 unspecified atom stereocenters. The number of thiophene rings is 1. The molecule has 174 valence electrons. The fourth-order valence-corrected chi connectivity index (χ4v) is 5.56. The van der Waals surface area contributed by atoms with E-state index in [1.807, 2.05) is 35.4 Å². The summed E-state index contributed by atoms with van der Waals surface area (Å²) in [5.74, 6) is -0.520. The fourth-order valence-electron chi connectivity index (χ4n) is 4.67. The molecular formula is C27H26FN3O2S. The van der Waals surface area contributed by atoms with Crippen molar-refractivity contribution in [3.63, 3.8) is 0 Å². The number of rotatable bonds is 4. The lowest BCUT2D eigenvalue weighted by Gasteiger charge is -2.40. The van der Waals surface area contributed by atoms with Crippen LogP contribution < -0.4 is 0 Å². The Morgan fingerprint density at radius 2 is 1.82 bits per heavy atom. The molecule has 0 aliphatic carbocycles. The van der Waals surface area contributed by atoms with Gasteiger partial charge in [-0.3, -0.25) is 9.59 Å². The van der Waals surface area contributed by atoms with Gasteiger partial charge in [0, 0.05) is 43.2 Å². The summed E-state index contributed by atoms with van der Waals surface area (Å²) in [4.78, 5) is 31.3. The van der Waals surface area contributed by atoms with Crippen LogP contribution in [0.5, 0.6) is 0 Å². The van der Waals surface area contributed by atoms with Gasteiger partial charge in [-0.1, -0.05) is 29.8 Å². The third kappa shape index (κ3) is 4.23. The number of nitrogens with zero attached hydrogens (tertiary/aromatic N) is 3. The summed E-state index contributed by atoms with van der Waals surface area (Å²) in [6.07, 6.45) is 0. The van der Waals surface area contributed by atoms with E-state index in [1.165, 1.54) is 29.8 Å². The van der Waals surface area contributed by atoms with Crippen LogP contribution in [0.4, 0.5) is 4.39 Å². The minimum atomic E-state index is -0.367. The Bertz CT molecular complexity index is 1360. The normalized spacial score (nSPS) is 16.3. The molecule has 0 radical (unpaired) electrons. The van der Waals surface area contributed by atoms with E-state index >= 15 is 0 Å². The second-order valence-corrected chi connectivity index (χ2v) is 9.79. The van der Waals surface area contributed by atoms with Crippen LogP contribution in [0, 0.1) is 12.7 Å². The second kappa shape index (κ2) is 9.06. The number of fused-ring (bicyclic) bond motifs is 1. The number of benzene rings is 2. The van der Waals surface area contributed by atoms with Gasteiger partial charge in [-0.05, 0) is 61.2 Å². The van der Waals surface area contributed by atoms with Gasteiger partial charge in [0.15, 0.2) is 0 Å². The molecule has 1 aliphatic heterocycles. The average molecular weight is 476 g/mol. The number of aromatic nitrogens is 1. The molecule has 7 heteroatoms. The molecule has 3 heterocycles. The van der Waals surface area contributed by atoms with Gasteiger partial charge in [0.2, 0.25) is 0 Å². The smallest absolute Gasteiger partial charge is 0.270 e. The first-order chi connectivity index (χ1) is 16.4. The Balaban J connectivity index is 1.36. The van der Waals surface area contributed by atoms with Gasteiger partial charge in [-0.25, -0.2) is 4.39 Å². The van der Waals surface area contributed by atoms with E-state index in [-0.39, 0.29) is 23.7 Å². The van der Waals surface area contributed by atoms with Crippen molar-refractivity contribution in [1.29, 1.82) is 0 Å². The van der Waals surface area contributed by atoms with Crippen LogP contribution >= 0.6 is 11.3 Å². The van der Waals surface area contributed by atoms with E-state index in [9.17, 15) is 14.0 Å². The van der Waals surface area contributed by atoms with Crippen molar-refractivity contribution in [2.75, 3.05) is 19.6 Å². The Morgan fingerprint density at radius 3 is 2.56 bits per heavy atom. The number of hydrogen-bond acceptors (Lipinski definition) is 3. The maximum Gasteiger partial charge on any atom is 0.270 e. The zero-order valence-corrected chi connectivity index (χ0v) is 20.0. The van der Waals surface area contributed by atoms with Gasteiger partial charge in [-0.2, -0.15) is 0 Å². The van der Waals surface area contributed by atoms with Crippen molar-refractivity contribution in [1.82, 2.24) is 14.4 Å². The summed E-state index contributed by atoms with van der Waals surface area (Å²) in [5, 5.41) is 3.12. The van der Waals surface area contributed by atoms with E-state index in [0.717, 1.165) is 15.8 Å². The lowest BCUT2D eigenvalue weighted by Crippen LogP contribution is -2.55. The standard InChI is InChI=1S/C27H26FN3O2S/c1-18-4-3-5-20(14-18)17-31-24(15-22-10-13-34-27(22)31)26(33)29-11-12-30(19(2)16-29)25(32)21-6-8-23(28)9-7-21/h3-10,13-15,19H,11-12,16-17H2,1-2H3/t19-/m1/s1. The average Bonchev–Trinajstić information content (AvgIpc) is 3.41. The molecule has 2 aromatic heterocycles. The minimum absolute atomic E-state index is 0.0169. The molecule has 0 spiro atoms. The van der Waals surface area contributed by atoms with E-state index in [2.05, 4.69) is 29.7 Å². The lowest BCUT2D eigenvalue weighted by atomic mass is 10.1. The fraction of sp³-hybridized carbons (Fsp3) is 0.259. The molecule has 5 rings (SSSR count). The highest BCUT2D eigenvalue weighted by molar-refractivity contribution is 7.16. The molecule has 1 atom stereocenters. The third-order valence-electron chi connectivity index (χ3n) is 6.41. The second-order valence-electron chi connectivity index (χ2n) is 8.89. The van der Waals surface area contributed by atoms with Crippen LogP contribution in [0.25, 0.3) is 10.2 Å². The number of carbonyl (C=O) groups excluding carboxylic acids is 2. The van der Waals surface area contributed by atoms with Crippen molar-refractivity contribution in [3.05, 3.63) is 94.2 Å². The molecule has 0 N–H and O–H groups in total. The number of halogens is 1. The van der Waals surface area contributed by atoms with Crippen molar-refractivity contribution >= 4 is 33.4 Å². The Hall–Kier alpha value is -3.45. The summed E-state index contributed by atoms with van der Waals surface area (Å²) in [7, 11) is 0. The van der Waals surface area contributed by atoms with Gasteiger partial charge < -0.3 is 14.4 Å². The van der Waals surface area contributed by atoms with E-state index in [0.29, 0.717) is 37.4 Å². The first kappa shape index (κ1) is 22.3. The van der Waals surface area contributed by atoms with Crippen LogP contribution in [0.3, 0.4) is 0 Å². The first-order valence-electron chi connectivity index (χ1n) is 11.4. The van der Waals surface area contributed by atoms with Crippen molar-refractivity contribution in [2.24, 2.45) is 0 Å². The predicted molar refractivity (Wildman–Crippen MR) is 133 cm³/mol. The highest BCUT2D eigenvalue weighted by Crippen LogP contribution is 2.28. The summed E-state index contributed by atoms with van der Waals surface area (Å²) in [5.41, 5.74) is 3.48. The van der Waals surface area contributed by atoms with Crippen molar-refractivity contribution in [2.45, 2.75) is 26.4 Å². The van der Waals surface area contributed by atoms with Gasteiger partial charge in [0.05, 0.1) is 0 Å². The van der Waals surface area contributed by atoms with Crippen LogP contribution in [0.2, 0.25) is 0 Å². The Kier molecular flexibility index (Phi) is 5.96. The summed E-state index contributed by atoms with van der Waals surface area (Å²) in [6.45, 7) is 6.00. The third-order valence-corrected chi connectivity index (χ3v) is 7.36. The van der Waals surface area contributed by atoms with Gasteiger partial charge in [0.25, 0.3) is 11.8 Å². The monoisotopic (exact) mass is 475 g/mol. The number of carbonyl (C=O) groups is 2. The predicted octanol–water partition coefficient (Wildman–Crippen LogP) is 5.19. The van der Waals surface area contributed by atoms with E-state index < -0.39 is 0 Å². The molecule has 0 saturated carbocycles. The highest BCUT2D eigenvalue weighted by atomic mass is 32.1. The summed E-state index contributed by atoms with van der Waals surface area (Å²) >= 11 is 1.64. The molecule has 2 amide bonds. The molecule has 1 aliphatic rings. The van der Waals surface area contributed by atoms with Crippen molar-refractivity contribution in [3.8, 4) is 0 Å². The number of amides is 2. The van der Waals surface area contributed by atoms with Crippen LogP contribution in [0.15, 0.2) is 66.0 Å². The van der Waals surface area contributed by atoms with Crippen LogP contribution in [-0.4, -0.2) is 51.9 Å². The molecule has 0 bridgehead atoms. The topological polar surface area (TPSA) is 45.6 Å². The van der Waals surface area contributed by atoms with Gasteiger partial charge >= 0.3 is 0 Å². The van der Waals surface area contributed by atoms with Crippen molar-refractivity contribution < 1.29 is 14.0 Å². The quantitative estimate of drug-likeness (QED) is 0.408. The van der Waals surface area contributed by atoms with Gasteiger partial charge in [-0.15, -0.1) is 11.3 Å². The minimum Gasteiger partial charge on any atom is -0.334 e. The van der Waals surface area contributed by atoms with E-state index in [4.69, 9.17) is 0 Å². The molecule has 2 aromatic carbocycles. The lowest BCUT2D eigenvalue weighted by molar-refractivity contribution is 0.0409. The molecule has 1 saturated heterocycles. The zero-order chi connectivity index (χ0) is 23.8. The zero-order valence-electron chi connectivity index (χ0n) is 19.2. The number of aryl methyl sites for hydroxylation is 1. The summed E-state index contributed by atoms with van der Waals surface area (Å²) < 4.78 is 15.4.